The SMILES string of the molecule is Cc1cc(NC(=O)C(C)SCC(=O)Nc2ccc(Cn3cccn3)cc2)no1. The van der Waals surface area contributed by atoms with Gasteiger partial charge in [-0.1, -0.05) is 17.3 Å². The highest BCUT2D eigenvalue weighted by Gasteiger charge is 2.17. The summed E-state index contributed by atoms with van der Waals surface area (Å²) in [5.74, 6) is 0.762. The highest BCUT2D eigenvalue weighted by Crippen LogP contribution is 2.16. The number of benzene rings is 1. The Bertz CT molecular complexity index is 921. The molecule has 0 radical (unpaired) electrons. The van der Waals surface area contributed by atoms with Crippen molar-refractivity contribution in [1.82, 2.24) is 14.9 Å². The zero-order valence-corrected chi connectivity index (χ0v) is 16.4. The molecule has 1 unspecified atom stereocenters. The lowest BCUT2D eigenvalue weighted by Gasteiger charge is -2.11. The quantitative estimate of drug-likeness (QED) is 0.604. The molecule has 2 N–H and O–H groups in total. The van der Waals surface area contributed by atoms with E-state index in [0.717, 1.165) is 5.56 Å². The second kappa shape index (κ2) is 9.23. The predicted molar refractivity (Wildman–Crippen MR) is 108 cm³/mol. The lowest BCUT2D eigenvalue weighted by molar-refractivity contribution is -0.115. The van der Waals surface area contributed by atoms with Crippen LogP contribution in [-0.2, 0) is 16.1 Å². The van der Waals surface area contributed by atoms with E-state index in [9.17, 15) is 9.59 Å². The first-order chi connectivity index (χ1) is 13.5. The fourth-order valence-electron chi connectivity index (χ4n) is 2.40. The van der Waals surface area contributed by atoms with Crippen LogP contribution in [0.4, 0.5) is 11.5 Å². The molecule has 3 rings (SSSR count). The highest BCUT2D eigenvalue weighted by atomic mass is 32.2. The van der Waals surface area contributed by atoms with Crippen LogP contribution in [0.2, 0.25) is 0 Å². The topological polar surface area (TPSA) is 102 Å². The van der Waals surface area contributed by atoms with Crippen molar-refractivity contribution in [1.29, 1.82) is 0 Å². The van der Waals surface area contributed by atoms with Crippen molar-refractivity contribution in [3.63, 3.8) is 0 Å². The number of hydrogen-bond donors (Lipinski definition) is 2. The Morgan fingerprint density at radius 2 is 2.04 bits per heavy atom. The molecule has 1 aromatic carbocycles. The van der Waals surface area contributed by atoms with Gasteiger partial charge in [-0.05, 0) is 37.6 Å². The third kappa shape index (κ3) is 5.71. The minimum Gasteiger partial charge on any atom is -0.360 e. The molecule has 0 saturated carbocycles. The molecule has 0 aliphatic rings. The number of rotatable bonds is 8. The average molecular weight is 399 g/mol. The summed E-state index contributed by atoms with van der Waals surface area (Å²) in [5, 5.41) is 13.0. The number of thioether (sulfide) groups is 1. The molecule has 0 aliphatic heterocycles. The first kappa shape index (κ1) is 19.7. The monoisotopic (exact) mass is 399 g/mol. The Hall–Kier alpha value is -3.07. The Morgan fingerprint density at radius 3 is 2.68 bits per heavy atom. The molecular weight excluding hydrogens is 378 g/mol. The normalized spacial score (nSPS) is 11.8. The molecule has 0 saturated heterocycles. The van der Waals surface area contributed by atoms with Gasteiger partial charge in [0.05, 0.1) is 17.5 Å². The number of nitrogens with zero attached hydrogens (tertiary/aromatic N) is 3. The van der Waals surface area contributed by atoms with E-state index in [-0.39, 0.29) is 17.6 Å². The van der Waals surface area contributed by atoms with E-state index < -0.39 is 5.25 Å². The van der Waals surface area contributed by atoms with Gasteiger partial charge in [0.1, 0.15) is 5.76 Å². The van der Waals surface area contributed by atoms with Gasteiger partial charge in [-0.25, -0.2) is 0 Å². The first-order valence-electron chi connectivity index (χ1n) is 8.71. The van der Waals surface area contributed by atoms with Gasteiger partial charge in [0, 0.05) is 24.1 Å². The molecule has 1 atom stereocenters. The van der Waals surface area contributed by atoms with E-state index in [1.165, 1.54) is 11.8 Å². The molecule has 0 spiro atoms. The lowest BCUT2D eigenvalue weighted by Crippen LogP contribution is -2.25. The lowest BCUT2D eigenvalue weighted by atomic mass is 10.2. The molecule has 3 aromatic rings. The highest BCUT2D eigenvalue weighted by molar-refractivity contribution is 8.01. The number of aromatic nitrogens is 3. The molecule has 0 bridgehead atoms. The van der Waals surface area contributed by atoms with Gasteiger partial charge in [-0.15, -0.1) is 11.8 Å². The number of anilines is 2. The van der Waals surface area contributed by atoms with Crippen molar-refractivity contribution >= 4 is 35.1 Å². The van der Waals surface area contributed by atoms with Crippen LogP contribution in [0.5, 0.6) is 0 Å². The van der Waals surface area contributed by atoms with Gasteiger partial charge in [-0.2, -0.15) is 5.10 Å². The molecule has 2 heterocycles. The minimum atomic E-state index is -0.404. The van der Waals surface area contributed by atoms with E-state index >= 15 is 0 Å². The zero-order valence-electron chi connectivity index (χ0n) is 15.6. The van der Waals surface area contributed by atoms with Crippen LogP contribution in [0.25, 0.3) is 0 Å². The van der Waals surface area contributed by atoms with Crippen LogP contribution in [0, 0.1) is 6.92 Å². The standard InChI is InChI=1S/C19H21N5O3S/c1-13-10-17(23-27-13)22-19(26)14(2)28-12-18(25)21-16-6-4-15(5-7-16)11-24-9-3-8-20-24/h3-10,14H,11-12H2,1-2H3,(H,21,25)(H,22,23,26). The van der Waals surface area contributed by atoms with Crippen LogP contribution in [-0.4, -0.2) is 37.8 Å². The smallest absolute Gasteiger partial charge is 0.238 e. The van der Waals surface area contributed by atoms with E-state index in [1.54, 1.807) is 26.1 Å². The first-order valence-corrected chi connectivity index (χ1v) is 9.76. The fourth-order valence-corrected chi connectivity index (χ4v) is 3.08. The van der Waals surface area contributed by atoms with Crippen molar-refractivity contribution < 1.29 is 14.1 Å². The molecule has 0 aliphatic carbocycles. The van der Waals surface area contributed by atoms with Gasteiger partial charge >= 0.3 is 0 Å². The van der Waals surface area contributed by atoms with Crippen molar-refractivity contribution in [2.45, 2.75) is 25.6 Å². The largest absolute Gasteiger partial charge is 0.360 e. The van der Waals surface area contributed by atoms with Crippen molar-refractivity contribution in [3.05, 3.63) is 60.1 Å². The van der Waals surface area contributed by atoms with E-state index in [2.05, 4.69) is 20.9 Å². The summed E-state index contributed by atoms with van der Waals surface area (Å²) >= 11 is 1.25. The van der Waals surface area contributed by atoms with Gasteiger partial charge < -0.3 is 15.2 Å². The number of carbonyl (C=O) groups is 2. The minimum absolute atomic E-state index is 0.165. The van der Waals surface area contributed by atoms with Crippen LogP contribution in [0.1, 0.15) is 18.2 Å². The maximum Gasteiger partial charge on any atom is 0.238 e. The molecule has 28 heavy (non-hydrogen) atoms. The van der Waals surface area contributed by atoms with Crippen LogP contribution >= 0.6 is 11.8 Å². The maximum atomic E-state index is 12.1. The molecule has 9 heteroatoms. The predicted octanol–water partition coefficient (Wildman–Crippen LogP) is 2.93. The summed E-state index contributed by atoms with van der Waals surface area (Å²) in [6.45, 7) is 4.16. The number of amides is 2. The third-order valence-electron chi connectivity index (χ3n) is 3.85. The molecule has 2 amide bonds. The van der Waals surface area contributed by atoms with E-state index in [4.69, 9.17) is 4.52 Å². The van der Waals surface area contributed by atoms with Crippen molar-refractivity contribution in [2.75, 3.05) is 16.4 Å². The second-order valence-corrected chi connectivity index (χ2v) is 7.54. The zero-order chi connectivity index (χ0) is 19.9. The number of nitrogens with one attached hydrogen (secondary N) is 2. The Morgan fingerprint density at radius 1 is 1.25 bits per heavy atom. The van der Waals surface area contributed by atoms with Crippen LogP contribution < -0.4 is 10.6 Å². The van der Waals surface area contributed by atoms with Gasteiger partial charge in [0.2, 0.25) is 11.8 Å². The summed E-state index contributed by atoms with van der Waals surface area (Å²) in [4.78, 5) is 24.2. The van der Waals surface area contributed by atoms with Gasteiger partial charge in [-0.3, -0.25) is 14.3 Å². The summed E-state index contributed by atoms with van der Waals surface area (Å²) in [6, 6.07) is 11.1. The summed E-state index contributed by atoms with van der Waals surface area (Å²) < 4.78 is 6.74. The number of carbonyl (C=O) groups excluding carboxylic acids is 2. The van der Waals surface area contributed by atoms with E-state index in [0.29, 0.717) is 23.8 Å². The molecule has 2 aromatic heterocycles. The summed E-state index contributed by atoms with van der Waals surface area (Å²) in [5.41, 5.74) is 1.80. The number of hydrogen-bond acceptors (Lipinski definition) is 6. The summed E-state index contributed by atoms with van der Waals surface area (Å²) in [7, 11) is 0. The second-order valence-electron chi connectivity index (χ2n) is 6.21. The molecular formula is C19H21N5O3S. The molecule has 0 fully saturated rings. The van der Waals surface area contributed by atoms with Gasteiger partial charge in [0.25, 0.3) is 0 Å². The van der Waals surface area contributed by atoms with E-state index in [1.807, 2.05) is 41.2 Å². The maximum absolute atomic E-state index is 12.1. The van der Waals surface area contributed by atoms with Crippen molar-refractivity contribution in [3.8, 4) is 0 Å². The van der Waals surface area contributed by atoms with Crippen LogP contribution in [0.3, 0.4) is 0 Å². The Labute approximate surface area is 166 Å². The van der Waals surface area contributed by atoms with Crippen LogP contribution in [0.15, 0.2) is 53.3 Å². The average Bonchev–Trinajstić information content (AvgIpc) is 3.33. The molecule has 146 valence electrons. The summed E-state index contributed by atoms with van der Waals surface area (Å²) in [6.07, 6.45) is 3.63. The van der Waals surface area contributed by atoms with Crippen molar-refractivity contribution in [2.24, 2.45) is 0 Å². The Kier molecular flexibility index (Phi) is 6.49. The Balaban J connectivity index is 1.42. The fraction of sp³-hybridized carbons (Fsp3) is 0.263. The third-order valence-corrected chi connectivity index (χ3v) is 5.00. The van der Waals surface area contributed by atoms with Gasteiger partial charge in [0.15, 0.2) is 5.82 Å². The molecule has 8 nitrogen and oxygen atoms in total. The number of aryl methyl sites for hydroxylation is 1.